The van der Waals surface area contributed by atoms with Crippen molar-refractivity contribution < 1.29 is 9.47 Å². The Morgan fingerprint density at radius 1 is 0.828 bits per heavy atom. The summed E-state index contributed by atoms with van der Waals surface area (Å²) >= 11 is 0. The van der Waals surface area contributed by atoms with E-state index in [0.29, 0.717) is 6.61 Å². The molecule has 0 atom stereocenters. The maximum atomic E-state index is 6.65. The molecular formula is C25H32ClNO2. The minimum absolute atomic E-state index is 0. The van der Waals surface area contributed by atoms with Crippen LogP contribution in [0.2, 0.25) is 0 Å². The Balaban J connectivity index is 0.00000205. The molecule has 156 valence electrons. The van der Waals surface area contributed by atoms with Crippen LogP contribution in [0, 0.1) is 17.8 Å². The lowest BCUT2D eigenvalue weighted by Crippen LogP contribution is -2.53. The first-order chi connectivity index (χ1) is 13.7. The zero-order chi connectivity index (χ0) is 19.0. The average molecular weight is 414 g/mol. The maximum Gasteiger partial charge on any atom is 0.120 e. The number of halogens is 1. The fourth-order valence-electron chi connectivity index (χ4n) is 6.12. The Labute approximate surface area is 180 Å². The van der Waals surface area contributed by atoms with Gasteiger partial charge in [0.05, 0.1) is 6.54 Å². The van der Waals surface area contributed by atoms with Gasteiger partial charge in [0, 0.05) is 12.7 Å². The van der Waals surface area contributed by atoms with Gasteiger partial charge in [-0.05, 0) is 92.7 Å². The van der Waals surface area contributed by atoms with Crippen LogP contribution >= 0.6 is 12.4 Å². The minimum atomic E-state index is 0. The van der Waals surface area contributed by atoms with Crippen molar-refractivity contribution >= 4 is 18.1 Å². The Morgan fingerprint density at radius 3 is 2.00 bits per heavy atom. The number of hydrogen-bond acceptors (Lipinski definition) is 3. The molecule has 6 rings (SSSR count). The largest absolute Gasteiger partial charge is 0.492 e. The van der Waals surface area contributed by atoms with E-state index in [4.69, 9.17) is 9.47 Å². The standard InChI is InChI=1S/C25H31NO2.ClH/c1-26(11-12-27-23-5-3-2-4-6-23)22-7-9-24(10-8-22)28-25-16-19-13-20(17-25)15-21(14-19)18-25;/h2-10,19-21H,11-18H2,1H3;1H. The molecule has 29 heavy (non-hydrogen) atoms. The number of nitrogens with zero attached hydrogens (tertiary/aromatic N) is 1. The molecule has 2 aromatic rings. The topological polar surface area (TPSA) is 21.7 Å². The third-order valence-electron chi connectivity index (χ3n) is 7.03. The van der Waals surface area contributed by atoms with E-state index in [2.05, 4.69) is 36.2 Å². The van der Waals surface area contributed by atoms with Crippen molar-refractivity contribution in [1.29, 1.82) is 0 Å². The molecule has 2 aromatic carbocycles. The molecule has 0 radical (unpaired) electrons. The smallest absolute Gasteiger partial charge is 0.120 e. The van der Waals surface area contributed by atoms with Gasteiger partial charge in [0.2, 0.25) is 0 Å². The van der Waals surface area contributed by atoms with Gasteiger partial charge in [-0.2, -0.15) is 0 Å². The number of ether oxygens (including phenoxy) is 2. The van der Waals surface area contributed by atoms with Gasteiger partial charge in [-0.15, -0.1) is 12.4 Å². The highest BCUT2D eigenvalue weighted by Crippen LogP contribution is 2.57. The summed E-state index contributed by atoms with van der Waals surface area (Å²) in [4.78, 5) is 2.23. The lowest BCUT2D eigenvalue weighted by atomic mass is 9.54. The summed E-state index contributed by atoms with van der Waals surface area (Å²) < 4.78 is 12.5. The van der Waals surface area contributed by atoms with Crippen LogP contribution in [0.25, 0.3) is 0 Å². The quantitative estimate of drug-likeness (QED) is 0.558. The molecular weight excluding hydrogens is 382 g/mol. The summed E-state index contributed by atoms with van der Waals surface area (Å²) in [6, 6.07) is 18.7. The van der Waals surface area contributed by atoms with E-state index in [0.717, 1.165) is 35.8 Å². The van der Waals surface area contributed by atoms with Gasteiger partial charge in [-0.1, -0.05) is 18.2 Å². The van der Waals surface area contributed by atoms with Crippen LogP contribution in [-0.4, -0.2) is 25.8 Å². The lowest BCUT2D eigenvalue weighted by molar-refractivity contribution is -0.107. The van der Waals surface area contributed by atoms with E-state index in [9.17, 15) is 0 Å². The van der Waals surface area contributed by atoms with Crippen LogP contribution in [0.1, 0.15) is 38.5 Å². The predicted octanol–water partition coefficient (Wildman–Crippen LogP) is 5.97. The monoisotopic (exact) mass is 413 g/mol. The molecule has 4 aliphatic rings. The number of hydrogen-bond donors (Lipinski definition) is 0. The third kappa shape index (κ3) is 4.50. The van der Waals surface area contributed by atoms with Crippen LogP contribution in [0.15, 0.2) is 54.6 Å². The molecule has 4 bridgehead atoms. The Kier molecular flexibility index (Phi) is 5.96. The van der Waals surface area contributed by atoms with Gasteiger partial charge in [0.25, 0.3) is 0 Å². The van der Waals surface area contributed by atoms with Gasteiger partial charge in [0.15, 0.2) is 0 Å². The van der Waals surface area contributed by atoms with Gasteiger partial charge in [-0.3, -0.25) is 0 Å². The van der Waals surface area contributed by atoms with Gasteiger partial charge < -0.3 is 14.4 Å². The van der Waals surface area contributed by atoms with Crippen LogP contribution in [0.5, 0.6) is 11.5 Å². The molecule has 0 aromatic heterocycles. The van der Waals surface area contributed by atoms with Gasteiger partial charge in [-0.25, -0.2) is 0 Å². The maximum absolute atomic E-state index is 6.65. The first-order valence-corrected chi connectivity index (χ1v) is 10.9. The lowest BCUT2D eigenvalue weighted by Gasteiger charge is -2.56. The van der Waals surface area contributed by atoms with E-state index in [1.54, 1.807) is 0 Å². The van der Waals surface area contributed by atoms with Crippen LogP contribution in [-0.2, 0) is 0 Å². The second kappa shape index (κ2) is 8.47. The highest BCUT2D eigenvalue weighted by atomic mass is 35.5. The Hall–Kier alpha value is -1.87. The minimum Gasteiger partial charge on any atom is -0.492 e. The summed E-state index contributed by atoms with van der Waals surface area (Å²) in [5, 5.41) is 0. The molecule has 4 saturated carbocycles. The fraction of sp³-hybridized carbons (Fsp3) is 0.520. The fourth-order valence-corrected chi connectivity index (χ4v) is 6.12. The van der Waals surface area contributed by atoms with Crippen molar-refractivity contribution in [3.63, 3.8) is 0 Å². The molecule has 0 N–H and O–H groups in total. The summed E-state index contributed by atoms with van der Waals surface area (Å²) in [6.07, 6.45) is 8.19. The molecule has 4 heteroatoms. The average Bonchev–Trinajstić information content (AvgIpc) is 2.68. The number of rotatable bonds is 7. The second-order valence-electron chi connectivity index (χ2n) is 9.28. The van der Waals surface area contributed by atoms with Gasteiger partial charge >= 0.3 is 0 Å². The van der Waals surface area contributed by atoms with Crippen molar-refractivity contribution in [1.82, 2.24) is 0 Å². The first kappa shape index (κ1) is 20.4. The number of anilines is 1. The molecule has 0 amide bonds. The molecule has 0 heterocycles. The third-order valence-corrected chi connectivity index (χ3v) is 7.03. The van der Waals surface area contributed by atoms with Crippen LogP contribution in [0.4, 0.5) is 5.69 Å². The molecule has 0 aliphatic heterocycles. The molecule has 4 aliphatic carbocycles. The van der Waals surface area contributed by atoms with Crippen molar-refractivity contribution in [3.8, 4) is 11.5 Å². The van der Waals surface area contributed by atoms with Crippen molar-refractivity contribution in [3.05, 3.63) is 54.6 Å². The van der Waals surface area contributed by atoms with E-state index in [1.807, 2.05) is 30.3 Å². The van der Waals surface area contributed by atoms with Crippen LogP contribution < -0.4 is 14.4 Å². The zero-order valence-corrected chi connectivity index (χ0v) is 18.1. The second-order valence-corrected chi connectivity index (χ2v) is 9.28. The normalized spacial score (nSPS) is 29.2. The van der Waals surface area contributed by atoms with Gasteiger partial charge in [0.1, 0.15) is 23.7 Å². The van der Waals surface area contributed by atoms with E-state index >= 15 is 0 Å². The van der Waals surface area contributed by atoms with Crippen LogP contribution in [0.3, 0.4) is 0 Å². The molecule has 0 spiro atoms. The highest BCUT2D eigenvalue weighted by Gasteiger charge is 2.52. The Bertz CT molecular complexity index is 757. The molecule has 4 fully saturated rings. The molecule has 0 unspecified atom stereocenters. The van der Waals surface area contributed by atoms with Crippen molar-refractivity contribution in [2.45, 2.75) is 44.1 Å². The summed E-state index contributed by atoms with van der Waals surface area (Å²) in [5.74, 6) is 4.72. The number of likely N-dealkylation sites (N-methyl/N-ethyl adjacent to an activating group) is 1. The zero-order valence-electron chi connectivity index (χ0n) is 17.3. The van der Waals surface area contributed by atoms with E-state index in [1.165, 1.54) is 44.2 Å². The first-order valence-electron chi connectivity index (χ1n) is 10.9. The summed E-state index contributed by atoms with van der Waals surface area (Å²) in [7, 11) is 2.11. The number of benzene rings is 2. The summed E-state index contributed by atoms with van der Waals surface area (Å²) in [6.45, 7) is 1.52. The van der Waals surface area contributed by atoms with Crippen molar-refractivity contribution in [2.24, 2.45) is 17.8 Å². The van der Waals surface area contributed by atoms with E-state index < -0.39 is 0 Å². The highest BCUT2D eigenvalue weighted by molar-refractivity contribution is 5.85. The Morgan fingerprint density at radius 2 is 1.41 bits per heavy atom. The molecule has 0 saturated heterocycles. The summed E-state index contributed by atoms with van der Waals surface area (Å²) in [5.41, 5.74) is 1.33. The van der Waals surface area contributed by atoms with E-state index in [-0.39, 0.29) is 18.0 Å². The molecule has 3 nitrogen and oxygen atoms in total. The predicted molar refractivity (Wildman–Crippen MR) is 120 cm³/mol. The SMILES string of the molecule is CN(CCOc1ccccc1)c1ccc(OC23CC4CC(CC(C4)C2)C3)cc1.Cl. The number of para-hydroxylation sites is 1. The van der Waals surface area contributed by atoms with Crippen molar-refractivity contribution in [2.75, 3.05) is 25.1 Å².